The molecule has 0 unspecified atom stereocenters. The van der Waals surface area contributed by atoms with Gasteiger partial charge in [-0.05, 0) is 44.5 Å². The predicted octanol–water partition coefficient (Wildman–Crippen LogP) is 2.22. The molecule has 0 bridgehead atoms. The first-order valence-electron chi connectivity index (χ1n) is 6.25. The zero-order chi connectivity index (χ0) is 14.9. The van der Waals surface area contributed by atoms with Crippen LogP contribution in [0.4, 0.5) is 5.82 Å². The Kier molecular flexibility index (Phi) is 3.76. The van der Waals surface area contributed by atoms with E-state index in [1.807, 2.05) is 19.1 Å². The molecular weight excluding hydrogens is 274 g/mol. The third-order valence-corrected chi connectivity index (χ3v) is 5.22. The number of anilines is 1. The zero-order valence-corrected chi connectivity index (χ0v) is 12.5. The van der Waals surface area contributed by atoms with Gasteiger partial charge in [-0.3, -0.25) is 4.98 Å². The van der Waals surface area contributed by atoms with Crippen molar-refractivity contribution in [2.75, 3.05) is 5.73 Å². The van der Waals surface area contributed by atoms with Gasteiger partial charge in [-0.1, -0.05) is 0 Å². The van der Waals surface area contributed by atoms with E-state index >= 15 is 0 Å². The molecule has 2 aromatic heterocycles. The summed E-state index contributed by atoms with van der Waals surface area (Å²) in [5, 5.41) is -0.541. The highest BCUT2D eigenvalue weighted by Crippen LogP contribution is 2.27. The number of aromatic nitrogens is 2. The lowest BCUT2D eigenvalue weighted by Crippen LogP contribution is -2.16. The first-order valence-corrected chi connectivity index (χ1v) is 7.79. The van der Waals surface area contributed by atoms with Gasteiger partial charge in [0.15, 0.2) is 9.84 Å². The van der Waals surface area contributed by atoms with Gasteiger partial charge in [0.05, 0.1) is 5.25 Å². The molecular formula is C14H17N3O2S. The van der Waals surface area contributed by atoms with E-state index in [-0.39, 0.29) is 10.7 Å². The number of nitrogen functional groups attached to an aromatic ring is 1. The summed E-state index contributed by atoms with van der Waals surface area (Å²) in [6.45, 7) is 5.12. The Morgan fingerprint density at radius 1 is 1.15 bits per heavy atom. The van der Waals surface area contributed by atoms with E-state index in [1.165, 1.54) is 0 Å². The average molecular weight is 291 g/mol. The molecule has 0 aliphatic heterocycles. The smallest absolute Gasteiger partial charge is 0.184 e. The van der Waals surface area contributed by atoms with Crippen LogP contribution in [-0.2, 0) is 9.84 Å². The molecule has 106 valence electrons. The number of hydrogen-bond acceptors (Lipinski definition) is 5. The molecule has 5 nitrogen and oxygen atoms in total. The first-order chi connectivity index (χ1) is 9.32. The average Bonchev–Trinajstić information content (AvgIpc) is 2.38. The van der Waals surface area contributed by atoms with Crippen LogP contribution >= 0.6 is 0 Å². The van der Waals surface area contributed by atoms with Crippen molar-refractivity contribution in [3.05, 3.63) is 36.3 Å². The topological polar surface area (TPSA) is 85.9 Å². The highest BCUT2D eigenvalue weighted by atomic mass is 32.2. The summed E-state index contributed by atoms with van der Waals surface area (Å²) >= 11 is 0. The van der Waals surface area contributed by atoms with Crippen LogP contribution in [0.5, 0.6) is 0 Å². The minimum absolute atomic E-state index is 0.0354. The van der Waals surface area contributed by atoms with E-state index in [0.717, 1.165) is 11.3 Å². The van der Waals surface area contributed by atoms with Crippen LogP contribution in [0.25, 0.3) is 11.1 Å². The van der Waals surface area contributed by atoms with Crippen molar-refractivity contribution < 1.29 is 8.42 Å². The van der Waals surface area contributed by atoms with Crippen LogP contribution in [0.2, 0.25) is 0 Å². The van der Waals surface area contributed by atoms with Crippen molar-refractivity contribution in [2.45, 2.75) is 30.9 Å². The highest BCUT2D eigenvalue weighted by molar-refractivity contribution is 7.92. The Bertz CT molecular complexity index is 740. The SMILES string of the molecule is Cc1cc(-c2cnc(N)c(S(=O)(=O)C(C)C)c2)ccn1. The molecule has 0 fully saturated rings. The standard InChI is InChI=1S/C14H17N3O2S/c1-9(2)20(18,19)13-7-12(8-17-14(13)15)11-4-5-16-10(3)6-11/h4-9H,1-3H3,(H2,15,17). The van der Waals surface area contributed by atoms with Gasteiger partial charge in [0.2, 0.25) is 0 Å². The Morgan fingerprint density at radius 2 is 1.85 bits per heavy atom. The molecule has 0 spiro atoms. The van der Waals surface area contributed by atoms with E-state index in [0.29, 0.717) is 5.56 Å². The second kappa shape index (κ2) is 5.20. The fraction of sp³-hybridized carbons (Fsp3) is 0.286. The van der Waals surface area contributed by atoms with Crippen molar-refractivity contribution in [2.24, 2.45) is 0 Å². The Labute approximate surface area is 118 Å². The monoisotopic (exact) mass is 291 g/mol. The molecule has 2 heterocycles. The molecule has 20 heavy (non-hydrogen) atoms. The summed E-state index contributed by atoms with van der Waals surface area (Å²) < 4.78 is 24.5. The molecule has 0 aromatic carbocycles. The van der Waals surface area contributed by atoms with Crippen molar-refractivity contribution in [3.63, 3.8) is 0 Å². The van der Waals surface area contributed by atoms with Crippen molar-refractivity contribution in [1.29, 1.82) is 0 Å². The molecule has 2 aromatic rings. The molecule has 6 heteroatoms. The quantitative estimate of drug-likeness (QED) is 0.937. The van der Waals surface area contributed by atoms with Gasteiger partial charge in [-0.2, -0.15) is 0 Å². The lowest BCUT2D eigenvalue weighted by atomic mass is 10.1. The molecule has 0 aliphatic carbocycles. The minimum atomic E-state index is -3.45. The number of aryl methyl sites for hydroxylation is 1. The Balaban J connectivity index is 2.61. The van der Waals surface area contributed by atoms with Gasteiger partial charge in [0.1, 0.15) is 10.7 Å². The maximum Gasteiger partial charge on any atom is 0.184 e. The second-order valence-corrected chi connectivity index (χ2v) is 7.36. The lowest BCUT2D eigenvalue weighted by Gasteiger charge is -2.11. The molecule has 0 aliphatic rings. The van der Waals surface area contributed by atoms with E-state index in [2.05, 4.69) is 9.97 Å². The fourth-order valence-electron chi connectivity index (χ4n) is 1.82. The summed E-state index contributed by atoms with van der Waals surface area (Å²) in [6.07, 6.45) is 3.25. The first kappa shape index (κ1) is 14.5. The Morgan fingerprint density at radius 3 is 2.45 bits per heavy atom. The third-order valence-electron chi connectivity index (χ3n) is 3.04. The summed E-state index contributed by atoms with van der Waals surface area (Å²) in [7, 11) is -3.45. The Hall–Kier alpha value is -1.95. The summed E-state index contributed by atoms with van der Waals surface area (Å²) in [6, 6.07) is 5.26. The van der Waals surface area contributed by atoms with Gasteiger partial charge in [0.25, 0.3) is 0 Å². The van der Waals surface area contributed by atoms with E-state index in [9.17, 15) is 8.42 Å². The van der Waals surface area contributed by atoms with E-state index in [1.54, 1.807) is 32.3 Å². The van der Waals surface area contributed by atoms with E-state index in [4.69, 9.17) is 5.73 Å². The van der Waals surface area contributed by atoms with Crippen molar-refractivity contribution in [3.8, 4) is 11.1 Å². The maximum absolute atomic E-state index is 12.3. The largest absolute Gasteiger partial charge is 0.383 e. The van der Waals surface area contributed by atoms with Crippen LogP contribution in [-0.4, -0.2) is 23.6 Å². The number of nitrogens with zero attached hydrogens (tertiary/aromatic N) is 2. The van der Waals surface area contributed by atoms with Crippen LogP contribution in [0, 0.1) is 6.92 Å². The van der Waals surface area contributed by atoms with Gasteiger partial charge in [-0.15, -0.1) is 0 Å². The molecule has 2 rings (SSSR count). The molecule has 0 saturated heterocycles. The normalized spacial score (nSPS) is 11.8. The number of pyridine rings is 2. The van der Waals surface area contributed by atoms with Crippen molar-refractivity contribution >= 4 is 15.7 Å². The molecule has 0 amide bonds. The van der Waals surface area contributed by atoms with Gasteiger partial charge in [0, 0.05) is 23.7 Å². The van der Waals surface area contributed by atoms with Gasteiger partial charge in [-0.25, -0.2) is 13.4 Å². The number of sulfone groups is 1. The minimum Gasteiger partial charge on any atom is -0.383 e. The molecule has 0 atom stereocenters. The third kappa shape index (κ3) is 2.65. The predicted molar refractivity (Wildman–Crippen MR) is 78.9 cm³/mol. The number of rotatable bonds is 3. The highest BCUT2D eigenvalue weighted by Gasteiger charge is 2.23. The lowest BCUT2D eigenvalue weighted by molar-refractivity contribution is 0.587. The summed E-state index contributed by atoms with van der Waals surface area (Å²) in [5.74, 6) is 0.0354. The van der Waals surface area contributed by atoms with Crippen LogP contribution in [0.3, 0.4) is 0 Å². The zero-order valence-electron chi connectivity index (χ0n) is 11.7. The summed E-state index contributed by atoms with van der Waals surface area (Å²) in [4.78, 5) is 8.21. The van der Waals surface area contributed by atoms with Crippen LogP contribution in [0.1, 0.15) is 19.5 Å². The molecule has 0 radical (unpaired) electrons. The van der Waals surface area contributed by atoms with Crippen LogP contribution in [0.15, 0.2) is 35.5 Å². The maximum atomic E-state index is 12.3. The second-order valence-electron chi connectivity index (χ2n) is 4.89. The van der Waals surface area contributed by atoms with Crippen molar-refractivity contribution in [1.82, 2.24) is 9.97 Å². The van der Waals surface area contributed by atoms with Gasteiger partial charge >= 0.3 is 0 Å². The molecule has 2 N–H and O–H groups in total. The van der Waals surface area contributed by atoms with E-state index < -0.39 is 15.1 Å². The van der Waals surface area contributed by atoms with Crippen LogP contribution < -0.4 is 5.73 Å². The fourth-order valence-corrected chi connectivity index (χ4v) is 2.96. The van der Waals surface area contributed by atoms with Gasteiger partial charge < -0.3 is 5.73 Å². The number of nitrogens with two attached hydrogens (primary N) is 1. The molecule has 0 saturated carbocycles. The number of hydrogen-bond donors (Lipinski definition) is 1. The summed E-state index contributed by atoms with van der Waals surface area (Å²) in [5.41, 5.74) is 8.15.